The van der Waals surface area contributed by atoms with Crippen LogP contribution in [-0.4, -0.2) is 83.0 Å². The highest BCUT2D eigenvalue weighted by Gasteiger charge is 2.32. The van der Waals surface area contributed by atoms with Crippen molar-refractivity contribution < 1.29 is 19.4 Å². The second-order valence-electron chi connectivity index (χ2n) is 12.7. The van der Waals surface area contributed by atoms with Crippen LogP contribution in [0, 0.1) is 0 Å². The van der Waals surface area contributed by atoms with E-state index in [1.807, 2.05) is 17.0 Å². The van der Waals surface area contributed by atoms with E-state index < -0.39 is 5.97 Å². The van der Waals surface area contributed by atoms with Gasteiger partial charge in [0.1, 0.15) is 0 Å². The van der Waals surface area contributed by atoms with Crippen LogP contribution >= 0.6 is 0 Å². The zero-order chi connectivity index (χ0) is 31.2. The van der Waals surface area contributed by atoms with Crippen LogP contribution in [0.15, 0.2) is 42.5 Å². The van der Waals surface area contributed by atoms with Crippen molar-refractivity contribution in [3.63, 3.8) is 0 Å². The molecule has 4 heterocycles. The summed E-state index contributed by atoms with van der Waals surface area (Å²) in [5.41, 5.74) is 6.06. The van der Waals surface area contributed by atoms with Crippen LogP contribution in [0.3, 0.4) is 0 Å². The van der Waals surface area contributed by atoms with E-state index in [0.29, 0.717) is 18.5 Å². The van der Waals surface area contributed by atoms with Crippen LogP contribution in [0.2, 0.25) is 0 Å². The molecular formula is C36H50N4O4. The van der Waals surface area contributed by atoms with E-state index in [0.717, 1.165) is 82.4 Å². The Bertz CT molecular complexity index is 1440. The summed E-state index contributed by atoms with van der Waals surface area (Å²) in [5.74, 6) is -0.605. The molecule has 238 valence electrons. The lowest BCUT2D eigenvalue weighted by molar-refractivity contribution is 0.00372. The molecule has 3 aliphatic rings. The maximum atomic E-state index is 13.6. The number of nitrogens with zero attached hydrogens (tertiary/aromatic N) is 3. The van der Waals surface area contributed by atoms with E-state index in [1.165, 1.54) is 28.8 Å². The number of carbonyl (C=O) groups is 2. The van der Waals surface area contributed by atoms with E-state index in [-0.39, 0.29) is 17.6 Å². The van der Waals surface area contributed by atoms with E-state index >= 15 is 0 Å². The highest BCUT2D eigenvalue weighted by atomic mass is 16.5. The lowest BCUT2D eigenvalue weighted by Gasteiger charge is -2.40. The van der Waals surface area contributed by atoms with Gasteiger partial charge in [0.05, 0.1) is 30.5 Å². The van der Waals surface area contributed by atoms with E-state index in [1.54, 1.807) is 6.07 Å². The molecule has 2 amide bonds. The van der Waals surface area contributed by atoms with Crippen molar-refractivity contribution >= 4 is 22.9 Å². The number of ether oxygens (including phenoxy) is 1. The van der Waals surface area contributed by atoms with Gasteiger partial charge >= 0.3 is 12.0 Å². The van der Waals surface area contributed by atoms with Gasteiger partial charge in [-0.3, -0.25) is 4.90 Å². The number of carboxylic acids is 1. The quantitative estimate of drug-likeness (QED) is 0.326. The van der Waals surface area contributed by atoms with Crippen LogP contribution in [0.5, 0.6) is 0 Å². The number of nitrogens with one attached hydrogen (secondary N) is 1. The number of benzene rings is 2. The van der Waals surface area contributed by atoms with E-state index in [9.17, 15) is 14.7 Å². The van der Waals surface area contributed by atoms with Crippen molar-refractivity contribution in [2.75, 3.05) is 39.4 Å². The summed E-state index contributed by atoms with van der Waals surface area (Å²) < 4.78 is 7.80. The third-order valence-corrected chi connectivity index (χ3v) is 9.35. The number of hydrogen-bond donors (Lipinski definition) is 2. The SMILES string of the molecule is CCC.CCCC(C)c1c2n(c3cc(C(=O)O)ccc13)CC(NC(=O)N1CCC(N3CCOCC3)CC1)Cc1ccccc1-2. The maximum Gasteiger partial charge on any atom is 0.335 e. The van der Waals surface area contributed by atoms with Gasteiger partial charge in [-0.1, -0.05) is 70.9 Å². The normalized spacial score (nSPS) is 19.7. The molecule has 3 aliphatic heterocycles. The van der Waals surface area contributed by atoms with Crippen molar-refractivity contribution in [1.82, 2.24) is 19.7 Å². The largest absolute Gasteiger partial charge is 0.478 e. The monoisotopic (exact) mass is 602 g/mol. The first kappa shape index (κ1) is 32.0. The molecule has 0 saturated carbocycles. The molecule has 2 saturated heterocycles. The van der Waals surface area contributed by atoms with Crippen LogP contribution < -0.4 is 5.32 Å². The number of aromatic carboxylic acids is 1. The van der Waals surface area contributed by atoms with Crippen LogP contribution in [-0.2, 0) is 17.7 Å². The van der Waals surface area contributed by atoms with E-state index in [4.69, 9.17) is 4.74 Å². The minimum Gasteiger partial charge on any atom is -0.478 e. The van der Waals surface area contributed by atoms with Crippen molar-refractivity contribution in [2.24, 2.45) is 0 Å². The molecule has 44 heavy (non-hydrogen) atoms. The second kappa shape index (κ2) is 14.6. The number of likely N-dealkylation sites (tertiary alicyclic amines) is 1. The molecule has 6 rings (SSSR count). The number of urea groups is 1. The molecule has 3 aromatic rings. The summed E-state index contributed by atoms with van der Waals surface area (Å²) in [6, 6.07) is 14.4. The summed E-state index contributed by atoms with van der Waals surface area (Å²) in [6.07, 6.45) is 6.09. The minimum absolute atomic E-state index is 0.00128. The van der Waals surface area contributed by atoms with Crippen molar-refractivity contribution in [3.8, 4) is 11.3 Å². The Morgan fingerprint density at radius 1 is 1.02 bits per heavy atom. The molecule has 2 aromatic carbocycles. The summed E-state index contributed by atoms with van der Waals surface area (Å²) in [7, 11) is 0. The minimum atomic E-state index is -0.926. The molecule has 2 N–H and O–H groups in total. The third kappa shape index (κ3) is 6.81. The first-order valence-corrected chi connectivity index (χ1v) is 16.7. The zero-order valence-electron chi connectivity index (χ0n) is 27.0. The molecule has 1 aromatic heterocycles. The lowest BCUT2D eigenvalue weighted by atomic mass is 9.89. The predicted molar refractivity (Wildman–Crippen MR) is 177 cm³/mol. The summed E-state index contributed by atoms with van der Waals surface area (Å²) >= 11 is 0. The first-order valence-electron chi connectivity index (χ1n) is 16.7. The van der Waals surface area contributed by atoms with Gasteiger partial charge in [-0.15, -0.1) is 0 Å². The first-order chi connectivity index (χ1) is 21.4. The number of carboxylic acid groups (broad SMARTS) is 1. The van der Waals surface area contributed by atoms with Gasteiger partial charge in [-0.2, -0.15) is 0 Å². The zero-order valence-corrected chi connectivity index (χ0v) is 27.0. The Kier molecular flexibility index (Phi) is 10.6. The van der Waals surface area contributed by atoms with Crippen LogP contribution in [0.4, 0.5) is 4.79 Å². The second-order valence-corrected chi connectivity index (χ2v) is 12.7. The highest BCUT2D eigenvalue weighted by Crippen LogP contribution is 2.43. The lowest BCUT2D eigenvalue weighted by Crippen LogP contribution is -2.53. The molecule has 2 fully saturated rings. The van der Waals surface area contributed by atoms with Crippen LogP contribution in [0.1, 0.15) is 87.2 Å². The molecular weight excluding hydrogens is 552 g/mol. The fourth-order valence-corrected chi connectivity index (χ4v) is 7.28. The molecule has 0 radical (unpaired) electrons. The van der Waals surface area contributed by atoms with E-state index in [2.05, 4.69) is 66.7 Å². The number of hydrogen-bond acceptors (Lipinski definition) is 4. The van der Waals surface area contributed by atoms with Gasteiger partial charge in [0.15, 0.2) is 0 Å². The molecule has 0 aliphatic carbocycles. The highest BCUT2D eigenvalue weighted by molar-refractivity contribution is 5.98. The molecule has 2 unspecified atom stereocenters. The Balaban J connectivity index is 0.00000123. The average Bonchev–Trinajstić information content (AvgIpc) is 3.26. The van der Waals surface area contributed by atoms with Gasteiger partial charge in [-0.05, 0) is 54.9 Å². The van der Waals surface area contributed by atoms with Crippen molar-refractivity contribution in [2.45, 2.75) is 90.8 Å². The van der Waals surface area contributed by atoms with Gasteiger partial charge in [-0.25, -0.2) is 9.59 Å². The number of rotatable bonds is 6. The Morgan fingerprint density at radius 3 is 2.41 bits per heavy atom. The summed E-state index contributed by atoms with van der Waals surface area (Å²) in [6.45, 7) is 14.4. The van der Waals surface area contributed by atoms with Crippen molar-refractivity contribution in [1.29, 1.82) is 0 Å². The van der Waals surface area contributed by atoms with Crippen molar-refractivity contribution in [3.05, 3.63) is 59.2 Å². The number of amides is 2. The average molecular weight is 603 g/mol. The summed E-state index contributed by atoms with van der Waals surface area (Å²) in [4.78, 5) is 30.0. The Hall–Kier alpha value is -3.36. The topological polar surface area (TPSA) is 87.0 Å². The molecule has 2 atom stereocenters. The number of aromatic nitrogens is 1. The van der Waals surface area contributed by atoms with Gasteiger partial charge in [0, 0.05) is 55.2 Å². The molecule has 8 heteroatoms. The van der Waals surface area contributed by atoms with Gasteiger partial charge < -0.3 is 24.6 Å². The number of morpholine rings is 1. The molecule has 8 nitrogen and oxygen atoms in total. The predicted octanol–water partition coefficient (Wildman–Crippen LogP) is 6.76. The maximum absolute atomic E-state index is 13.6. The Morgan fingerprint density at radius 2 is 1.73 bits per heavy atom. The Labute approximate surface area is 262 Å². The fraction of sp³-hybridized carbons (Fsp3) is 0.556. The fourth-order valence-electron chi connectivity index (χ4n) is 7.28. The number of fused-ring (bicyclic) bond motifs is 5. The third-order valence-electron chi connectivity index (χ3n) is 9.35. The molecule has 0 bridgehead atoms. The summed E-state index contributed by atoms with van der Waals surface area (Å²) in [5, 5.41) is 14.3. The smallest absolute Gasteiger partial charge is 0.335 e. The standard InChI is InChI=1S/C33H42N4O4.C3H8/c1-3-6-22(2)30-28-10-9-24(32(38)39)20-29(28)37-21-25(19-23-7-4-5-8-27(23)31(30)37)34-33(40)36-13-11-26(12-14-36)35-15-17-41-18-16-35;1-3-2/h4-5,7-10,20,22,25-26H,3,6,11-19,21H2,1-2H3,(H,34,40)(H,38,39);3H2,1-2H3. The van der Waals surface area contributed by atoms with Gasteiger partial charge in [0.2, 0.25) is 0 Å². The number of piperidine rings is 1. The number of carbonyl (C=O) groups excluding carboxylic acids is 1. The van der Waals surface area contributed by atoms with Crippen LogP contribution in [0.25, 0.3) is 22.2 Å². The van der Waals surface area contributed by atoms with Gasteiger partial charge in [0.25, 0.3) is 0 Å². The molecule has 0 spiro atoms.